The highest BCUT2D eigenvalue weighted by Gasteiger charge is 2.30. The molecule has 1 aliphatic rings. The van der Waals surface area contributed by atoms with Gasteiger partial charge in [-0.2, -0.15) is 0 Å². The Morgan fingerprint density at radius 1 is 1.35 bits per heavy atom. The minimum absolute atomic E-state index is 0.0883. The predicted molar refractivity (Wildman–Crippen MR) is 74.9 cm³/mol. The molecule has 0 spiro atoms. The van der Waals surface area contributed by atoms with Gasteiger partial charge in [-0.15, -0.1) is 10.2 Å². The molecule has 6 heteroatoms. The SMILES string of the molecule is CC(Sc1nnc(CO)n1C1CC1)c1ccc(F)cc1. The van der Waals surface area contributed by atoms with Crippen LogP contribution in [-0.4, -0.2) is 19.9 Å². The maximum atomic E-state index is 12.9. The molecule has 1 unspecified atom stereocenters. The standard InChI is InChI=1S/C14H16FN3OS/c1-9(10-2-4-11(15)5-3-10)20-14-17-16-13(8-19)18(14)12-6-7-12/h2-5,9,12,19H,6-8H2,1H3. The molecule has 3 rings (SSSR count). The lowest BCUT2D eigenvalue weighted by Crippen LogP contribution is -2.03. The van der Waals surface area contributed by atoms with E-state index in [1.54, 1.807) is 23.9 Å². The summed E-state index contributed by atoms with van der Waals surface area (Å²) in [5.41, 5.74) is 1.05. The molecule has 2 aromatic rings. The van der Waals surface area contributed by atoms with Crippen LogP contribution in [0.5, 0.6) is 0 Å². The van der Waals surface area contributed by atoms with Crippen molar-refractivity contribution < 1.29 is 9.50 Å². The summed E-state index contributed by atoms with van der Waals surface area (Å²) in [7, 11) is 0. The maximum absolute atomic E-state index is 12.9. The molecule has 1 heterocycles. The summed E-state index contributed by atoms with van der Waals surface area (Å²) in [6.07, 6.45) is 2.23. The van der Waals surface area contributed by atoms with Crippen LogP contribution >= 0.6 is 11.8 Å². The molecule has 1 fully saturated rings. The largest absolute Gasteiger partial charge is 0.388 e. The topological polar surface area (TPSA) is 50.9 Å². The van der Waals surface area contributed by atoms with Crippen LogP contribution in [0, 0.1) is 5.82 Å². The molecule has 0 saturated heterocycles. The van der Waals surface area contributed by atoms with Crippen molar-refractivity contribution >= 4 is 11.8 Å². The van der Waals surface area contributed by atoms with Crippen LogP contribution in [0.3, 0.4) is 0 Å². The molecule has 20 heavy (non-hydrogen) atoms. The first-order valence-corrected chi connectivity index (χ1v) is 7.53. The molecule has 0 radical (unpaired) electrons. The zero-order chi connectivity index (χ0) is 14.1. The average Bonchev–Trinajstić information content (AvgIpc) is 3.21. The van der Waals surface area contributed by atoms with Crippen molar-refractivity contribution in [1.29, 1.82) is 0 Å². The highest BCUT2D eigenvalue weighted by atomic mass is 32.2. The van der Waals surface area contributed by atoms with Crippen molar-refractivity contribution in [3.63, 3.8) is 0 Å². The fourth-order valence-corrected chi connectivity index (χ4v) is 3.22. The van der Waals surface area contributed by atoms with Crippen LogP contribution in [0.4, 0.5) is 4.39 Å². The summed E-state index contributed by atoms with van der Waals surface area (Å²) in [6.45, 7) is 1.97. The Hall–Kier alpha value is -1.40. The molecule has 1 aromatic heterocycles. The summed E-state index contributed by atoms with van der Waals surface area (Å²) in [5.74, 6) is 0.399. The molecule has 0 amide bonds. The third-order valence-corrected chi connectivity index (χ3v) is 4.53. The van der Waals surface area contributed by atoms with E-state index in [2.05, 4.69) is 17.1 Å². The summed E-state index contributed by atoms with van der Waals surface area (Å²) in [4.78, 5) is 0. The molecular formula is C14H16FN3OS. The number of benzene rings is 1. The van der Waals surface area contributed by atoms with Gasteiger partial charge in [-0.1, -0.05) is 23.9 Å². The molecule has 106 valence electrons. The van der Waals surface area contributed by atoms with E-state index < -0.39 is 0 Å². The summed E-state index contributed by atoms with van der Waals surface area (Å²) in [5, 5.41) is 18.5. The molecule has 0 aliphatic heterocycles. The zero-order valence-electron chi connectivity index (χ0n) is 11.2. The van der Waals surface area contributed by atoms with E-state index >= 15 is 0 Å². The number of aliphatic hydroxyl groups excluding tert-OH is 1. The van der Waals surface area contributed by atoms with E-state index in [4.69, 9.17) is 0 Å². The third-order valence-electron chi connectivity index (χ3n) is 3.41. The van der Waals surface area contributed by atoms with Gasteiger partial charge in [0.1, 0.15) is 12.4 Å². The van der Waals surface area contributed by atoms with Crippen molar-refractivity contribution in [1.82, 2.24) is 14.8 Å². The second-order valence-electron chi connectivity index (χ2n) is 4.97. The van der Waals surface area contributed by atoms with Gasteiger partial charge in [0, 0.05) is 11.3 Å². The fraction of sp³-hybridized carbons (Fsp3) is 0.429. The molecular weight excluding hydrogens is 277 g/mol. The van der Waals surface area contributed by atoms with Crippen LogP contribution in [0.25, 0.3) is 0 Å². The number of aromatic nitrogens is 3. The number of hydrogen-bond acceptors (Lipinski definition) is 4. The smallest absolute Gasteiger partial charge is 0.192 e. The Kier molecular flexibility index (Phi) is 3.76. The average molecular weight is 293 g/mol. The lowest BCUT2D eigenvalue weighted by molar-refractivity contribution is 0.263. The number of nitrogens with zero attached hydrogens (tertiary/aromatic N) is 3. The predicted octanol–water partition coefficient (Wildman–Crippen LogP) is 3.10. The molecule has 1 saturated carbocycles. The van der Waals surface area contributed by atoms with Crippen LogP contribution < -0.4 is 0 Å². The van der Waals surface area contributed by atoms with E-state index in [0.29, 0.717) is 11.9 Å². The Morgan fingerprint density at radius 3 is 2.65 bits per heavy atom. The fourth-order valence-electron chi connectivity index (χ4n) is 2.16. The van der Waals surface area contributed by atoms with Crippen molar-refractivity contribution in [3.05, 3.63) is 41.5 Å². The van der Waals surface area contributed by atoms with Gasteiger partial charge in [-0.05, 0) is 37.5 Å². The number of halogens is 1. The van der Waals surface area contributed by atoms with Crippen molar-refractivity contribution in [3.8, 4) is 0 Å². The second-order valence-corrected chi connectivity index (χ2v) is 6.28. The quantitative estimate of drug-likeness (QED) is 0.861. The number of hydrogen-bond donors (Lipinski definition) is 1. The van der Waals surface area contributed by atoms with E-state index in [-0.39, 0.29) is 17.7 Å². The Morgan fingerprint density at radius 2 is 2.05 bits per heavy atom. The van der Waals surface area contributed by atoms with E-state index in [1.807, 2.05) is 4.57 Å². The van der Waals surface area contributed by atoms with Gasteiger partial charge in [-0.3, -0.25) is 0 Å². The maximum Gasteiger partial charge on any atom is 0.192 e. The Bertz CT molecular complexity index is 595. The Balaban J connectivity index is 1.80. The van der Waals surface area contributed by atoms with Crippen LogP contribution in [-0.2, 0) is 6.61 Å². The molecule has 1 aliphatic carbocycles. The van der Waals surface area contributed by atoms with Crippen LogP contribution in [0.2, 0.25) is 0 Å². The van der Waals surface area contributed by atoms with Gasteiger partial charge in [0.25, 0.3) is 0 Å². The Labute approximate surface area is 121 Å². The van der Waals surface area contributed by atoms with Crippen molar-refractivity contribution in [2.24, 2.45) is 0 Å². The normalized spacial score (nSPS) is 16.4. The summed E-state index contributed by atoms with van der Waals surface area (Å²) < 4.78 is 15.0. The number of aliphatic hydroxyl groups is 1. The number of rotatable bonds is 5. The van der Waals surface area contributed by atoms with Crippen molar-refractivity contribution in [2.45, 2.75) is 42.8 Å². The molecule has 0 bridgehead atoms. The van der Waals surface area contributed by atoms with E-state index in [1.165, 1.54) is 12.1 Å². The van der Waals surface area contributed by atoms with Crippen LogP contribution in [0.1, 0.15) is 42.4 Å². The molecule has 1 N–H and O–H groups in total. The summed E-state index contributed by atoms with van der Waals surface area (Å²) in [6, 6.07) is 6.94. The molecule has 1 atom stereocenters. The van der Waals surface area contributed by atoms with Gasteiger partial charge in [0.15, 0.2) is 11.0 Å². The highest BCUT2D eigenvalue weighted by molar-refractivity contribution is 7.99. The highest BCUT2D eigenvalue weighted by Crippen LogP contribution is 2.42. The second kappa shape index (κ2) is 5.54. The zero-order valence-corrected chi connectivity index (χ0v) is 12.0. The van der Waals surface area contributed by atoms with Gasteiger partial charge < -0.3 is 9.67 Å². The molecule has 4 nitrogen and oxygen atoms in total. The number of thioether (sulfide) groups is 1. The van der Waals surface area contributed by atoms with Crippen molar-refractivity contribution in [2.75, 3.05) is 0 Å². The first kappa shape index (κ1) is 13.6. The van der Waals surface area contributed by atoms with Gasteiger partial charge >= 0.3 is 0 Å². The minimum Gasteiger partial charge on any atom is -0.388 e. The molecule has 1 aromatic carbocycles. The lowest BCUT2D eigenvalue weighted by atomic mass is 10.2. The monoisotopic (exact) mass is 293 g/mol. The first-order valence-electron chi connectivity index (χ1n) is 6.66. The van der Waals surface area contributed by atoms with Gasteiger partial charge in [0.05, 0.1) is 0 Å². The minimum atomic E-state index is -0.227. The summed E-state index contributed by atoms with van der Waals surface area (Å²) >= 11 is 1.59. The van der Waals surface area contributed by atoms with Crippen LogP contribution in [0.15, 0.2) is 29.4 Å². The van der Waals surface area contributed by atoms with E-state index in [9.17, 15) is 9.50 Å². The van der Waals surface area contributed by atoms with Gasteiger partial charge in [-0.25, -0.2) is 4.39 Å². The third kappa shape index (κ3) is 2.71. The van der Waals surface area contributed by atoms with Gasteiger partial charge in [0.2, 0.25) is 0 Å². The lowest BCUT2D eigenvalue weighted by Gasteiger charge is -2.12. The first-order chi connectivity index (χ1) is 9.69. The van der Waals surface area contributed by atoms with E-state index in [0.717, 1.165) is 23.6 Å².